The van der Waals surface area contributed by atoms with Crippen molar-refractivity contribution in [3.63, 3.8) is 0 Å². The number of nitrogens with two attached hydrogens (primary N) is 1. The number of rotatable bonds is 8. The molecule has 0 aliphatic carbocycles. The maximum atomic E-state index is 11.8. The molecule has 0 aromatic heterocycles. The maximum absolute atomic E-state index is 11.8. The van der Waals surface area contributed by atoms with Gasteiger partial charge >= 0.3 is 6.03 Å². The lowest BCUT2D eigenvalue weighted by Gasteiger charge is -2.14. The van der Waals surface area contributed by atoms with Crippen LogP contribution in [0.25, 0.3) is 0 Å². The number of carbonyl (C=O) groups is 2. The van der Waals surface area contributed by atoms with E-state index in [0.29, 0.717) is 13.0 Å². The second kappa shape index (κ2) is 9.39. The fourth-order valence-electron chi connectivity index (χ4n) is 1.95. The third kappa shape index (κ3) is 7.70. The highest BCUT2D eigenvalue weighted by atomic mass is 79.9. The lowest BCUT2D eigenvalue weighted by atomic mass is 10.1. The molecule has 0 bridgehead atoms. The summed E-state index contributed by atoms with van der Waals surface area (Å²) in [6, 6.07) is 7.40. The Labute approximate surface area is 133 Å². The summed E-state index contributed by atoms with van der Waals surface area (Å²) in [5.74, 6) is 0.0493. The maximum Gasteiger partial charge on any atom is 0.312 e. The van der Waals surface area contributed by atoms with Crippen molar-refractivity contribution in [3.05, 3.63) is 34.3 Å². The molecule has 0 saturated carbocycles. The molecule has 0 fully saturated rings. The molecule has 0 aliphatic rings. The summed E-state index contributed by atoms with van der Waals surface area (Å²) < 4.78 is 1.02. The summed E-state index contributed by atoms with van der Waals surface area (Å²) in [4.78, 5) is 22.3. The van der Waals surface area contributed by atoms with Gasteiger partial charge in [0.15, 0.2) is 0 Å². The molecule has 21 heavy (non-hydrogen) atoms. The number of hydrogen-bond donors (Lipinski definition) is 3. The first-order chi connectivity index (χ1) is 9.99. The smallest absolute Gasteiger partial charge is 0.312 e. The largest absolute Gasteiger partial charge is 0.352 e. The van der Waals surface area contributed by atoms with Gasteiger partial charge in [0.2, 0.25) is 5.91 Å². The predicted molar refractivity (Wildman–Crippen MR) is 86.8 cm³/mol. The van der Waals surface area contributed by atoms with E-state index >= 15 is 0 Å². The van der Waals surface area contributed by atoms with E-state index in [0.717, 1.165) is 29.3 Å². The summed E-state index contributed by atoms with van der Waals surface area (Å²) in [6.07, 6.45) is 3.02. The van der Waals surface area contributed by atoms with Gasteiger partial charge < -0.3 is 16.4 Å². The van der Waals surface area contributed by atoms with Gasteiger partial charge in [-0.05, 0) is 37.5 Å². The van der Waals surface area contributed by atoms with Crippen LogP contribution in [0.15, 0.2) is 28.7 Å². The van der Waals surface area contributed by atoms with Gasteiger partial charge in [0.05, 0.1) is 6.04 Å². The van der Waals surface area contributed by atoms with Crippen molar-refractivity contribution in [2.75, 3.05) is 6.54 Å². The van der Waals surface area contributed by atoms with Crippen molar-refractivity contribution in [2.24, 2.45) is 5.73 Å². The molecule has 1 atom stereocenters. The van der Waals surface area contributed by atoms with Crippen LogP contribution in [0.4, 0.5) is 4.79 Å². The number of benzene rings is 1. The SMILES string of the molecule is C[C@H](NC(=O)CCCCCNC(N)=O)c1ccc(Br)cc1. The molecule has 1 rings (SSSR count). The van der Waals surface area contributed by atoms with E-state index in [1.807, 2.05) is 31.2 Å². The molecular formula is C15H22BrN3O2. The molecule has 0 aliphatic heterocycles. The predicted octanol–water partition coefficient (Wildman–Crippen LogP) is 2.86. The quantitative estimate of drug-likeness (QED) is 0.626. The zero-order chi connectivity index (χ0) is 15.7. The average molecular weight is 356 g/mol. The highest BCUT2D eigenvalue weighted by Gasteiger charge is 2.09. The van der Waals surface area contributed by atoms with Crippen molar-refractivity contribution in [1.82, 2.24) is 10.6 Å². The molecule has 0 spiro atoms. The summed E-state index contributed by atoms with van der Waals surface area (Å²) >= 11 is 3.39. The summed E-state index contributed by atoms with van der Waals surface area (Å²) in [5.41, 5.74) is 6.04. The van der Waals surface area contributed by atoms with Crippen LogP contribution in [0.1, 0.15) is 44.2 Å². The van der Waals surface area contributed by atoms with Gasteiger partial charge in [0.25, 0.3) is 0 Å². The van der Waals surface area contributed by atoms with Crippen molar-refractivity contribution in [1.29, 1.82) is 0 Å². The Bertz CT molecular complexity index is 462. The lowest BCUT2D eigenvalue weighted by Crippen LogP contribution is -2.30. The van der Waals surface area contributed by atoms with Crippen LogP contribution in [-0.2, 0) is 4.79 Å². The van der Waals surface area contributed by atoms with E-state index in [2.05, 4.69) is 26.6 Å². The Balaban J connectivity index is 2.18. The summed E-state index contributed by atoms with van der Waals surface area (Å²) in [6.45, 7) is 2.53. The van der Waals surface area contributed by atoms with E-state index in [9.17, 15) is 9.59 Å². The lowest BCUT2D eigenvalue weighted by molar-refractivity contribution is -0.121. The molecule has 6 heteroatoms. The number of unbranched alkanes of at least 4 members (excludes halogenated alkanes) is 2. The minimum atomic E-state index is -0.504. The topological polar surface area (TPSA) is 84.2 Å². The standard InChI is InChI=1S/C15H22BrN3O2/c1-11(12-6-8-13(16)9-7-12)19-14(20)5-3-2-4-10-18-15(17)21/h6-9,11H,2-5,10H2,1H3,(H,19,20)(H3,17,18,21)/t11-/m0/s1. The number of primary amides is 1. The molecule has 0 heterocycles. The molecule has 0 radical (unpaired) electrons. The van der Waals surface area contributed by atoms with Gasteiger partial charge in [0, 0.05) is 17.4 Å². The third-order valence-corrected chi connectivity index (χ3v) is 3.66. The van der Waals surface area contributed by atoms with Crippen LogP contribution in [-0.4, -0.2) is 18.5 Å². The Hall–Kier alpha value is -1.56. The average Bonchev–Trinajstić information content (AvgIpc) is 2.43. The Kier molecular flexibility index (Phi) is 7.82. The van der Waals surface area contributed by atoms with E-state index < -0.39 is 6.03 Å². The fourth-order valence-corrected chi connectivity index (χ4v) is 2.21. The number of carbonyl (C=O) groups excluding carboxylic acids is 2. The second-order valence-electron chi connectivity index (χ2n) is 4.94. The van der Waals surface area contributed by atoms with Gasteiger partial charge in [-0.2, -0.15) is 0 Å². The molecule has 1 aromatic carbocycles. The van der Waals surface area contributed by atoms with Crippen LogP contribution >= 0.6 is 15.9 Å². The molecule has 0 unspecified atom stereocenters. The van der Waals surface area contributed by atoms with E-state index in [1.54, 1.807) is 0 Å². The molecule has 4 N–H and O–H groups in total. The second-order valence-corrected chi connectivity index (χ2v) is 5.86. The van der Waals surface area contributed by atoms with Crippen LogP contribution in [0.2, 0.25) is 0 Å². The monoisotopic (exact) mass is 355 g/mol. The van der Waals surface area contributed by atoms with E-state index in [4.69, 9.17) is 5.73 Å². The molecule has 116 valence electrons. The van der Waals surface area contributed by atoms with Gasteiger partial charge in [-0.25, -0.2) is 4.79 Å². The number of nitrogens with one attached hydrogen (secondary N) is 2. The van der Waals surface area contributed by atoms with Crippen molar-refractivity contribution >= 4 is 27.9 Å². The van der Waals surface area contributed by atoms with Gasteiger partial charge in [-0.1, -0.05) is 34.5 Å². The zero-order valence-corrected chi connectivity index (χ0v) is 13.8. The molecule has 0 saturated heterocycles. The zero-order valence-electron chi connectivity index (χ0n) is 12.2. The number of halogens is 1. The molecule has 5 nitrogen and oxygen atoms in total. The first-order valence-corrected chi connectivity index (χ1v) is 7.86. The number of urea groups is 1. The Morgan fingerprint density at radius 2 is 1.86 bits per heavy atom. The van der Waals surface area contributed by atoms with Crippen LogP contribution in [0.5, 0.6) is 0 Å². The van der Waals surface area contributed by atoms with Crippen molar-refractivity contribution in [3.8, 4) is 0 Å². The van der Waals surface area contributed by atoms with E-state index in [-0.39, 0.29) is 11.9 Å². The first kappa shape index (κ1) is 17.5. The van der Waals surface area contributed by atoms with E-state index in [1.165, 1.54) is 0 Å². The molecular weight excluding hydrogens is 334 g/mol. The molecule has 3 amide bonds. The van der Waals surface area contributed by atoms with Gasteiger partial charge in [-0.3, -0.25) is 4.79 Å². The van der Waals surface area contributed by atoms with Crippen LogP contribution < -0.4 is 16.4 Å². The minimum Gasteiger partial charge on any atom is -0.352 e. The highest BCUT2D eigenvalue weighted by Crippen LogP contribution is 2.16. The first-order valence-electron chi connectivity index (χ1n) is 7.07. The Morgan fingerprint density at radius 3 is 2.48 bits per heavy atom. The number of hydrogen-bond acceptors (Lipinski definition) is 2. The van der Waals surface area contributed by atoms with Crippen molar-refractivity contribution < 1.29 is 9.59 Å². The van der Waals surface area contributed by atoms with Crippen molar-refractivity contribution in [2.45, 2.75) is 38.6 Å². The highest BCUT2D eigenvalue weighted by molar-refractivity contribution is 9.10. The van der Waals surface area contributed by atoms with Crippen LogP contribution in [0.3, 0.4) is 0 Å². The fraction of sp³-hybridized carbons (Fsp3) is 0.467. The third-order valence-electron chi connectivity index (χ3n) is 3.13. The normalized spacial score (nSPS) is 11.7. The molecule has 1 aromatic rings. The van der Waals surface area contributed by atoms with Gasteiger partial charge in [0.1, 0.15) is 0 Å². The summed E-state index contributed by atoms with van der Waals surface area (Å²) in [5, 5.41) is 5.51. The Morgan fingerprint density at radius 1 is 1.19 bits per heavy atom. The summed E-state index contributed by atoms with van der Waals surface area (Å²) in [7, 11) is 0. The number of amides is 3. The minimum absolute atomic E-state index is 0.00197. The van der Waals surface area contributed by atoms with Gasteiger partial charge in [-0.15, -0.1) is 0 Å². The van der Waals surface area contributed by atoms with Crippen LogP contribution in [0, 0.1) is 0 Å².